The van der Waals surface area contributed by atoms with Crippen molar-refractivity contribution < 1.29 is 14.3 Å². The fourth-order valence-corrected chi connectivity index (χ4v) is 2.98. The first-order valence-corrected chi connectivity index (χ1v) is 9.00. The van der Waals surface area contributed by atoms with Gasteiger partial charge in [0, 0.05) is 6.20 Å². The number of methoxy groups -OCH3 is 1. The minimum Gasteiger partial charge on any atom is -0.464 e. The lowest BCUT2D eigenvalue weighted by molar-refractivity contribution is -0.120. The van der Waals surface area contributed by atoms with Crippen molar-refractivity contribution in [3.8, 4) is 0 Å². The van der Waals surface area contributed by atoms with Crippen LogP contribution in [-0.4, -0.2) is 30.0 Å². The van der Waals surface area contributed by atoms with E-state index in [4.69, 9.17) is 10.5 Å². The molecule has 0 aliphatic heterocycles. The molecular weight excluding hydrogens is 354 g/mol. The van der Waals surface area contributed by atoms with E-state index in [1.165, 1.54) is 7.11 Å². The van der Waals surface area contributed by atoms with E-state index in [1.54, 1.807) is 17.2 Å². The first kappa shape index (κ1) is 19.4. The predicted molar refractivity (Wildman–Crippen MR) is 108 cm³/mol. The molecule has 1 amide bonds. The Hall–Kier alpha value is -3.38. The summed E-state index contributed by atoms with van der Waals surface area (Å²) in [5, 5.41) is 0. The van der Waals surface area contributed by atoms with Gasteiger partial charge in [0.05, 0.1) is 25.4 Å². The molecule has 3 N–H and O–H groups in total. The summed E-state index contributed by atoms with van der Waals surface area (Å²) in [5.74, 6) is -0.713. The number of nitrogens with zero attached hydrogens (tertiary/aromatic N) is 1. The minimum atomic E-state index is -0.706. The van der Waals surface area contributed by atoms with Crippen molar-refractivity contribution in [1.29, 1.82) is 0 Å². The van der Waals surface area contributed by atoms with Gasteiger partial charge in [0.2, 0.25) is 5.91 Å². The molecule has 1 aromatic heterocycles. The Labute approximate surface area is 163 Å². The number of carbonyl (C=O) groups excluding carboxylic acids is 2. The highest BCUT2D eigenvalue weighted by Gasteiger charge is 2.24. The van der Waals surface area contributed by atoms with Gasteiger partial charge in [-0.1, -0.05) is 60.7 Å². The van der Waals surface area contributed by atoms with Crippen LogP contribution >= 0.6 is 0 Å². The van der Waals surface area contributed by atoms with Gasteiger partial charge in [0.1, 0.15) is 5.69 Å². The lowest BCUT2D eigenvalue weighted by atomic mass is 10.0. The van der Waals surface area contributed by atoms with E-state index in [0.29, 0.717) is 18.7 Å². The molecule has 0 aliphatic rings. The first-order chi connectivity index (χ1) is 13.6. The van der Waals surface area contributed by atoms with Gasteiger partial charge >= 0.3 is 5.97 Å². The number of nitrogens with two attached hydrogens (primary N) is 1. The molecular formula is C22H23N3O3. The van der Waals surface area contributed by atoms with Gasteiger partial charge in [0.15, 0.2) is 0 Å². The lowest BCUT2D eigenvalue weighted by Gasteiger charge is -2.25. The van der Waals surface area contributed by atoms with Crippen LogP contribution in [0, 0.1) is 0 Å². The standard InChI is InChI=1S/C22H23N3O3/c1-28-22(27)20-13-18(14-24-20)25(15-17-10-6-3-7-11-17)21(26)19(23)12-16-8-4-2-5-9-16/h2-11,13-14,19,24H,12,15,23H2,1H3/t19-/m0/s1. The number of hydrogen-bond acceptors (Lipinski definition) is 4. The van der Waals surface area contributed by atoms with Gasteiger partial charge in [0.25, 0.3) is 0 Å². The smallest absolute Gasteiger partial charge is 0.354 e. The molecule has 2 aromatic carbocycles. The Balaban J connectivity index is 1.85. The van der Waals surface area contributed by atoms with Crippen molar-refractivity contribution in [3.63, 3.8) is 0 Å². The van der Waals surface area contributed by atoms with E-state index < -0.39 is 12.0 Å². The Kier molecular flexibility index (Phi) is 6.24. The van der Waals surface area contributed by atoms with Gasteiger partial charge in [-0.15, -0.1) is 0 Å². The molecule has 6 nitrogen and oxygen atoms in total. The van der Waals surface area contributed by atoms with Gasteiger partial charge in [-0.25, -0.2) is 4.79 Å². The molecule has 0 fully saturated rings. The monoisotopic (exact) mass is 377 g/mol. The van der Waals surface area contributed by atoms with Crippen LogP contribution in [-0.2, 0) is 22.5 Å². The molecule has 28 heavy (non-hydrogen) atoms. The Morgan fingerprint density at radius 1 is 1.04 bits per heavy atom. The van der Waals surface area contributed by atoms with Crippen molar-refractivity contribution in [2.75, 3.05) is 12.0 Å². The van der Waals surface area contributed by atoms with Crippen LogP contribution in [0.4, 0.5) is 5.69 Å². The summed E-state index contributed by atoms with van der Waals surface area (Å²) in [5.41, 5.74) is 9.04. The van der Waals surface area contributed by atoms with Gasteiger partial charge in [-0.2, -0.15) is 0 Å². The number of benzene rings is 2. The zero-order valence-electron chi connectivity index (χ0n) is 15.7. The van der Waals surface area contributed by atoms with Gasteiger partial charge in [-0.3, -0.25) is 4.79 Å². The van der Waals surface area contributed by atoms with Crippen LogP contribution in [0.15, 0.2) is 72.9 Å². The van der Waals surface area contributed by atoms with E-state index in [0.717, 1.165) is 11.1 Å². The molecule has 0 aliphatic carbocycles. The number of ether oxygens (including phenoxy) is 1. The summed E-state index contributed by atoms with van der Waals surface area (Å²) >= 11 is 0. The third-order valence-electron chi connectivity index (χ3n) is 4.45. The number of nitrogens with one attached hydrogen (secondary N) is 1. The number of aromatic amines is 1. The molecule has 1 atom stereocenters. The maximum atomic E-state index is 13.2. The third-order valence-corrected chi connectivity index (χ3v) is 4.45. The molecule has 1 heterocycles. The number of hydrogen-bond donors (Lipinski definition) is 2. The fraction of sp³-hybridized carbons (Fsp3) is 0.182. The van der Waals surface area contributed by atoms with Crippen molar-refractivity contribution in [3.05, 3.63) is 89.7 Å². The number of amides is 1. The second-order valence-corrected chi connectivity index (χ2v) is 6.47. The van der Waals surface area contributed by atoms with Crippen molar-refractivity contribution in [1.82, 2.24) is 4.98 Å². The topological polar surface area (TPSA) is 88.4 Å². The molecule has 6 heteroatoms. The highest BCUT2D eigenvalue weighted by molar-refractivity contribution is 5.98. The molecule has 144 valence electrons. The van der Waals surface area contributed by atoms with E-state index in [2.05, 4.69) is 4.98 Å². The number of carbonyl (C=O) groups is 2. The van der Waals surface area contributed by atoms with Crippen LogP contribution in [0.25, 0.3) is 0 Å². The first-order valence-electron chi connectivity index (χ1n) is 9.00. The summed E-state index contributed by atoms with van der Waals surface area (Å²) in [6, 6.07) is 20.2. The van der Waals surface area contributed by atoms with Crippen LogP contribution in [0.5, 0.6) is 0 Å². The van der Waals surface area contributed by atoms with Crippen molar-refractivity contribution >= 4 is 17.6 Å². The summed E-state index contributed by atoms with van der Waals surface area (Å²) < 4.78 is 4.74. The van der Waals surface area contributed by atoms with Crippen LogP contribution in [0.3, 0.4) is 0 Å². The normalized spacial score (nSPS) is 11.6. The molecule has 3 rings (SSSR count). The fourth-order valence-electron chi connectivity index (χ4n) is 2.98. The quantitative estimate of drug-likeness (QED) is 0.620. The Bertz CT molecular complexity index is 922. The minimum absolute atomic E-state index is 0.219. The average molecular weight is 377 g/mol. The molecule has 0 saturated carbocycles. The molecule has 0 spiro atoms. The second kappa shape index (κ2) is 9.01. The number of H-pyrrole nitrogens is 1. The summed E-state index contributed by atoms with van der Waals surface area (Å²) in [4.78, 5) is 29.4. The van der Waals surface area contributed by atoms with Crippen LogP contribution < -0.4 is 10.6 Å². The highest BCUT2D eigenvalue weighted by Crippen LogP contribution is 2.21. The summed E-state index contributed by atoms with van der Waals surface area (Å²) in [6.07, 6.45) is 2.04. The van der Waals surface area contributed by atoms with E-state index in [1.807, 2.05) is 60.7 Å². The number of anilines is 1. The molecule has 0 bridgehead atoms. The lowest BCUT2D eigenvalue weighted by Crippen LogP contribution is -2.44. The van der Waals surface area contributed by atoms with E-state index in [-0.39, 0.29) is 11.6 Å². The van der Waals surface area contributed by atoms with Crippen molar-refractivity contribution in [2.45, 2.75) is 19.0 Å². The zero-order valence-corrected chi connectivity index (χ0v) is 15.7. The van der Waals surface area contributed by atoms with E-state index in [9.17, 15) is 9.59 Å². The summed E-state index contributed by atoms with van der Waals surface area (Å²) in [6.45, 7) is 0.348. The highest BCUT2D eigenvalue weighted by atomic mass is 16.5. The SMILES string of the molecule is COC(=O)c1cc(N(Cc2ccccc2)C(=O)[C@@H](N)Cc2ccccc2)c[nH]1. The Morgan fingerprint density at radius 2 is 1.64 bits per heavy atom. The number of rotatable bonds is 7. The third kappa shape index (κ3) is 4.66. The maximum absolute atomic E-state index is 13.2. The number of esters is 1. The predicted octanol–water partition coefficient (Wildman–Crippen LogP) is 2.90. The molecule has 0 unspecified atom stereocenters. The van der Waals surface area contributed by atoms with Crippen LogP contribution in [0.2, 0.25) is 0 Å². The van der Waals surface area contributed by atoms with E-state index >= 15 is 0 Å². The second-order valence-electron chi connectivity index (χ2n) is 6.47. The maximum Gasteiger partial charge on any atom is 0.354 e. The van der Waals surface area contributed by atoms with Crippen molar-refractivity contribution in [2.24, 2.45) is 5.73 Å². The van der Waals surface area contributed by atoms with Gasteiger partial charge < -0.3 is 20.4 Å². The average Bonchev–Trinajstić information content (AvgIpc) is 3.22. The van der Waals surface area contributed by atoms with Crippen LogP contribution in [0.1, 0.15) is 21.6 Å². The summed E-state index contributed by atoms with van der Waals surface area (Å²) in [7, 11) is 1.31. The largest absolute Gasteiger partial charge is 0.464 e. The zero-order chi connectivity index (χ0) is 19.9. The Morgan fingerprint density at radius 3 is 2.25 bits per heavy atom. The molecule has 0 saturated heterocycles. The molecule has 3 aromatic rings. The van der Waals surface area contributed by atoms with Gasteiger partial charge in [-0.05, 0) is 23.6 Å². The number of aromatic nitrogens is 1. The molecule has 0 radical (unpaired) electrons.